The van der Waals surface area contributed by atoms with Crippen molar-refractivity contribution < 1.29 is 0 Å². The molecule has 1 aliphatic rings. The summed E-state index contributed by atoms with van der Waals surface area (Å²) in [4.78, 5) is 0. The highest BCUT2D eigenvalue weighted by molar-refractivity contribution is 9.10. The van der Waals surface area contributed by atoms with E-state index < -0.39 is 0 Å². The monoisotopic (exact) mass is 301 g/mol. The highest BCUT2D eigenvalue weighted by atomic mass is 79.9. The first-order valence-electron chi connectivity index (χ1n) is 6.35. The molecule has 2 aromatic carbocycles. The summed E-state index contributed by atoms with van der Waals surface area (Å²) in [6, 6.07) is 15.6. The molecule has 1 unspecified atom stereocenters. The molecule has 2 aromatic rings. The maximum Gasteiger partial charge on any atom is 0.0323 e. The van der Waals surface area contributed by atoms with Gasteiger partial charge in [-0.05, 0) is 48.2 Å². The molecule has 18 heavy (non-hydrogen) atoms. The summed E-state index contributed by atoms with van der Waals surface area (Å²) >= 11 is 3.66. The van der Waals surface area contributed by atoms with E-state index in [4.69, 9.17) is 0 Å². The van der Waals surface area contributed by atoms with Crippen LogP contribution in [0.25, 0.3) is 11.1 Å². The van der Waals surface area contributed by atoms with E-state index in [0.717, 1.165) is 0 Å². The van der Waals surface area contributed by atoms with Crippen LogP contribution in [0.3, 0.4) is 0 Å². The molecule has 0 heterocycles. The maximum atomic E-state index is 3.66. The van der Waals surface area contributed by atoms with Crippen molar-refractivity contribution in [3.8, 4) is 11.1 Å². The molecule has 1 N–H and O–H groups in total. The smallest absolute Gasteiger partial charge is 0.0323 e. The van der Waals surface area contributed by atoms with Gasteiger partial charge in [0.25, 0.3) is 0 Å². The van der Waals surface area contributed by atoms with Crippen molar-refractivity contribution in [3.63, 3.8) is 0 Å². The van der Waals surface area contributed by atoms with Crippen LogP contribution < -0.4 is 5.32 Å². The summed E-state index contributed by atoms with van der Waals surface area (Å²) in [7, 11) is 2.05. The van der Waals surface area contributed by atoms with Crippen LogP contribution in [-0.4, -0.2) is 7.05 Å². The lowest BCUT2D eigenvalue weighted by Crippen LogP contribution is -2.12. The van der Waals surface area contributed by atoms with Crippen LogP contribution in [0.5, 0.6) is 0 Å². The van der Waals surface area contributed by atoms with E-state index in [-0.39, 0.29) is 0 Å². The second kappa shape index (κ2) is 4.87. The molecule has 1 nitrogen and oxygen atoms in total. The van der Waals surface area contributed by atoms with Crippen molar-refractivity contribution in [2.24, 2.45) is 0 Å². The predicted molar refractivity (Wildman–Crippen MR) is 79.7 cm³/mol. The Bertz CT molecular complexity index is 577. The van der Waals surface area contributed by atoms with Gasteiger partial charge in [-0.3, -0.25) is 0 Å². The van der Waals surface area contributed by atoms with E-state index in [9.17, 15) is 0 Å². The third-order valence-electron chi connectivity index (χ3n) is 3.78. The lowest BCUT2D eigenvalue weighted by Gasteiger charge is -2.13. The fourth-order valence-corrected chi connectivity index (χ4v) is 3.38. The Labute approximate surface area is 116 Å². The molecule has 1 atom stereocenters. The minimum atomic E-state index is 0.516. The van der Waals surface area contributed by atoms with Gasteiger partial charge in [0.1, 0.15) is 0 Å². The minimum Gasteiger partial charge on any atom is -0.313 e. The van der Waals surface area contributed by atoms with Crippen molar-refractivity contribution in [3.05, 3.63) is 58.1 Å². The number of rotatable bonds is 2. The third-order valence-corrected chi connectivity index (χ3v) is 4.47. The van der Waals surface area contributed by atoms with Gasteiger partial charge in [-0.1, -0.05) is 52.3 Å². The third kappa shape index (κ3) is 1.90. The van der Waals surface area contributed by atoms with E-state index in [0.29, 0.717) is 6.04 Å². The number of benzene rings is 2. The van der Waals surface area contributed by atoms with E-state index in [2.05, 4.69) is 63.7 Å². The molecule has 0 fully saturated rings. The van der Waals surface area contributed by atoms with Gasteiger partial charge in [0.05, 0.1) is 0 Å². The van der Waals surface area contributed by atoms with Gasteiger partial charge in [0.2, 0.25) is 0 Å². The molecule has 0 saturated heterocycles. The largest absolute Gasteiger partial charge is 0.313 e. The van der Waals surface area contributed by atoms with Crippen LogP contribution in [0.2, 0.25) is 0 Å². The predicted octanol–water partition coefficient (Wildman–Crippen LogP) is 4.32. The molecule has 0 aromatic heterocycles. The fraction of sp³-hybridized carbons (Fsp3) is 0.250. The number of fused-ring (bicyclic) bond motifs is 1. The molecule has 0 radical (unpaired) electrons. The maximum absolute atomic E-state index is 3.66. The van der Waals surface area contributed by atoms with Crippen LogP contribution in [0.4, 0.5) is 0 Å². The molecule has 3 rings (SSSR count). The molecule has 0 amide bonds. The lowest BCUT2D eigenvalue weighted by molar-refractivity contribution is 0.590. The Kier molecular flexibility index (Phi) is 3.23. The Morgan fingerprint density at radius 1 is 1.06 bits per heavy atom. The van der Waals surface area contributed by atoms with Crippen LogP contribution in [-0.2, 0) is 6.42 Å². The molecule has 0 aliphatic heterocycles. The van der Waals surface area contributed by atoms with E-state index >= 15 is 0 Å². The average molecular weight is 302 g/mol. The van der Waals surface area contributed by atoms with Crippen LogP contribution in [0, 0.1) is 0 Å². The van der Waals surface area contributed by atoms with E-state index in [1.807, 2.05) is 7.05 Å². The zero-order valence-electron chi connectivity index (χ0n) is 10.4. The average Bonchev–Trinajstić information content (AvgIpc) is 2.82. The lowest BCUT2D eigenvalue weighted by atomic mass is 9.96. The van der Waals surface area contributed by atoms with Gasteiger partial charge in [-0.25, -0.2) is 0 Å². The zero-order valence-corrected chi connectivity index (χ0v) is 12.0. The van der Waals surface area contributed by atoms with Crippen molar-refractivity contribution >= 4 is 15.9 Å². The van der Waals surface area contributed by atoms with Gasteiger partial charge in [0.15, 0.2) is 0 Å². The van der Waals surface area contributed by atoms with Gasteiger partial charge in [-0.2, -0.15) is 0 Å². The van der Waals surface area contributed by atoms with Crippen molar-refractivity contribution in [2.45, 2.75) is 18.9 Å². The Morgan fingerprint density at radius 2 is 1.83 bits per heavy atom. The zero-order chi connectivity index (χ0) is 12.5. The molecular weight excluding hydrogens is 286 g/mol. The fourth-order valence-electron chi connectivity index (χ4n) is 2.89. The van der Waals surface area contributed by atoms with Gasteiger partial charge >= 0.3 is 0 Å². The SMILES string of the molecule is CNC1CCc2c(-c3ccccc3Br)cccc21. The molecule has 0 saturated carbocycles. The number of hydrogen-bond donors (Lipinski definition) is 1. The van der Waals surface area contributed by atoms with Crippen molar-refractivity contribution in [1.82, 2.24) is 5.32 Å². The van der Waals surface area contributed by atoms with Gasteiger partial charge in [-0.15, -0.1) is 0 Å². The summed E-state index contributed by atoms with van der Waals surface area (Å²) in [6.45, 7) is 0. The highest BCUT2D eigenvalue weighted by Crippen LogP contribution is 2.39. The first kappa shape index (κ1) is 11.9. The molecule has 1 aliphatic carbocycles. The van der Waals surface area contributed by atoms with E-state index in [1.54, 1.807) is 0 Å². The summed E-state index contributed by atoms with van der Waals surface area (Å²) in [5.41, 5.74) is 5.64. The topological polar surface area (TPSA) is 12.0 Å². The van der Waals surface area contributed by atoms with Crippen LogP contribution >= 0.6 is 15.9 Å². The summed E-state index contributed by atoms with van der Waals surface area (Å²) in [6.07, 6.45) is 2.37. The summed E-state index contributed by atoms with van der Waals surface area (Å²) in [5, 5.41) is 3.40. The second-order valence-electron chi connectivity index (χ2n) is 4.73. The highest BCUT2D eigenvalue weighted by Gasteiger charge is 2.23. The molecule has 0 spiro atoms. The first-order valence-corrected chi connectivity index (χ1v) is 7.14. The Morgan fingerprint density at radius 3 is 2.61 bits per heavy atom. The van der Waals surface area contributed by atoms with Crippen molar-refractivity contribution in [1.29, 1.82) is 0 Å². The second-order valence-corrected chi connectivity index (χ2v) is 5.59. The van der Waals surface area contributed by atoms with Gasteiger partial charge < -0.3 is 5.32 Å². The van der Waals surface area contributed by atoms with E-state index in [1.165, 1.54) is 39.6 Å². The standard InChI is InChI=1S/C16H16BrN/c1-18-16-10-9-12-11(6-4-7-14(12)16)13-5-2-3-8-15(13)17/h2-8,16,18H,9-10H2,1H3. The quantitative estimate of drug-likeness (QED) is 0.871. The van der Waals surface area contributed by atoms with Crippen LogP contribution in [0.1, 0.15) is 23.6 Å². The Balaban J connectivity index is 2.16. The van der Waals surface area contributed by atoms with Gasteiger partial charge in [0, 0.05) is 10.5 Å². The summed E-state index contributed by atoms with van der Waals surface area (Å²) < 4.78 is 1.17. The number of nitrogens with one attached hydrogen (secondary N) is 1. The Hall–Kier alpha value is -1.12. The van der Waals surface area contributed by atoms with Crippen molar-refractivity contribution in [2.75, 3.05) is 7.05 Å². The van der Waals surface area contributed by atoms with Crippen LogP contribution in [0.15, 0.2) is 46.9 Å². The molecule has 2 heteroatoms. The minimum absolute atomic E-state index is 0.516. The number of hydrogen-bond acceptors (Lipinski definition) is 1. The first-order chi connectivity index (χ1) is 8.81. The molecule has 92 valence electrons. The molecule has 0 bridgehead atoms. The summed E-state index contributed by atoms with van der Waals surface area (Å²) in [5.74, 6) is 0. The normalized spacial score (nSPS) is 17.8. The number of halogens is 1. The molecular formula is C16H16BrN.